The lowest BCUT2D eigenvalue weighted by Gasteiger charge is -2.35. The van der Waals surface area contributed by atoms with Gasteiger partial charge in [-0.25, -0.2) is 4.39 Å². The van der Waals surface area contributed by atoms with E-state index in [0.717, 1.165) is 18.6 Å². The van der Waals surface area contributed by atoms with Crippen molar-refractivity contribution in [1.82, 2.24) is 0 Å². The van der Waals surface area contributed by atoms with Gasteiger partial charge in [0.2, 0.25) is 0 Å². The number of halogens is 4. The number of rotatable bonds is 2. The van der Waals surface area contributed by atoms with Gasteiger partial charge >= 0.3 is 6.36 Å². The zero-order valence-electron chi connectivity index (χ0n) is 9.22. The van der Waals surface area contributed by atoms with Crippen LogP contribution in [0.5, 0.6) is 5.75 Å². The average molecular weight is 259 g/mol. The average Bonchev–Trinajstić information content (AvgIpc) is 2.19. The van der Waals surface area contributed by atoms with E-state index in [9.17, 15) is 17.6 Å². The molecule has 0 aliphatic heterocycles. The van der Waals surface area contributed by atoms with Gasteiger partial charge in [-0.05, 0) is 37.0 Å². The third kappa shape index (κ3) is 2.26. The minimum Gasteiger partial charge on any atom is -0.403 e. The standard InChI is InChI=1S/C12H9F4NO/c13-9-6-8(11(7-17)4-1-5-11)2-3-10(9)18-12(14,15)16/h2-3,6H,1,4-5H2. The van der Waals surface area contributed by atoms with E-state index in [2.05, 4.69) is 10.8 Å². The molecule has 0 unspecified atom stereocenters. The van der Waals surface area contributed by atoms with Gasteiger partial charge in [-0.15, -0.1) is 13.2 Å². The molecule has 0 spiro atoms. The number of benzene rings is 1. The van der Waals surface area contributed by atoms with Crippen molar-refractivity contribution in [2.45, 2.75) is 31.0 Å². The van der Waals surface area contributed by atoms with E-state index in [-0.39, 0.29) is 0 Å². The summed E-state index contributed by atoms with van der Waals surface area (Å²) in [6.07, 6.45) is -2.87. The lowest BCUT2D eigenvalue weighted by Crippen LogP contribution is -2.32. The molecule has 2 rings (SSSR count). The van der Waals surface area contributed by atoms with Crippen LogP contribution in [-0.2, 0) is 5.41 Å². The molecule has 0 saturated heterocycles. The number of alkyl halides is 3. The second-order valence-corrected chi connectivity index (χ2v) is 4.24. The summed E-state index contributed by atoms with van der Waals surface area (Å²) in [7, 11) is 0. The van der Waals surface area contributed by atoms with Crippen LogP contribution in [0.3, 0.4) is 0 Å². The Morgan fingerprint density at radius 3 is 2.33 bits per heavy atom. The van der Waals surface area contributed by atoms with Crippen LogP contribution in [-0.4, -0.2) is 6.36 Å². The van der Waals surface area contributed by atoms with Gasteiger partial charge in [0.05, 0.1) is 11.5 Å². The highest BCUT2D eigenvalue weighted by Crippen LogP contribution is 2.44. The molecule has 0 bridgehead atoms. The van der Waals surface area contributed by atoms with Crippen LogP contribution >= 0.6 is 0 Å². The van der Waals surface area contributed by atoms with Gasteiger partial charge in [0.25, 0.3) is 0 Å². The highest BCUT2D eigenvalue weighted by atomic mass is 19.4. The largest absolute Gasteiger partial charge is 0.573 e. The lowest BCUT2D eigenvalue weighted by atomic mass is 9.65. The summed E-state index contributed by atoms with van der Waals surface area (Å²) in [5.41, 5.74) is -0.347. The zero-order chi connectivity index (χ0) is 13.4. The van der Waals surface area contributed by atoms with Gasteiger partial charge in [-0.3, -0.25) is 0 Å². The molecule has 0 aromatic heterocycles. The molecule has 2 nitrogen and oxygen atoms in total. The van der Waals surface area contributed by atoms with E-state index in [1.165, 1.54) is 6.07 Å². The van der Waals surface area contributed by atoms with Crippen molar-refractivity contribution in [2.75, 3.05) is 0 Å². The molecule has 6 heteroatoms. The van der Waals surface area contributed by atoms with Crippen molar-refractivity contribution in [1.29, 1.82) is 5.26 Å². The Morgan fingerprint density at radius 1 is 1.28 bits per heavy atom. The van der Waals surface area contributed by atoms with E-state index >= 15 is 0 Å². The number of nitrogens with zero attached hydrogens (tertiary/aromatic N) is 1. The number of ether oxygens (including phenoxy) is 1. The third-order valence-corrected chi connectivity index (χ3v) is 3.13. The first kappa shape index (κ1) is 12.7. The Labute approximate surface area is 101 Å². The predicted molar refractivity (Wildman–Crippen MR) is 54.2 cm³/mol. The fraction of sp³-hybridized carbons (Fsp3) is 0.417. The Kier molecular flexibility index (Phi) is 2.93. The first-order valence-corrected chi connectivity index (χ1v) is 5.33. The van der Waals surface area contributed by atoms with E-state index in [4.69, 9.17) is 5.26 Å². The van der Waals surface area contributed by atoms with Crippen LogP contribution in [0.2, 0.25) is 0 Å². The zero-order valence-corrected chi connectivity index (χ0v) is 9.22. The second-order valence-electron chi connectivity index (χ2n) is 4.24. The van der Waals surface area contributed by atoms with Gasteiger partial charge in [0, 0.05) is 0 Å². The maximum absolute atomic E-state index is 13.5. The summed E-state index contributed by atoms with van der Waals surface area (Å²) in [5, 5.41) is 9.05. The Balaban J connectivity index is 2.28. The predicted octanol–water partition coefficient (Wildman–Crippen LogP) is 3.67. The normalized spacial score (nSPS) is 17.7. The van der Waals surface area contributed by atoms with Crippen LogP contribution in [0, 0.1) is 17.1 Å². The maximum Gasteiger partial charge on any atom is 0.573 e. The summed E-state index contributed by atoms with van der Waals surface area (Å²) in [5.74, 6) is -1.98. The molecule has 96 valence electrons. The van der Waals surface area contributed by atoms with E-state index in [1.54, 1.807) is 0 Å². The summed E-state index contributed by atoms with van der Waals surface area (Å²) < 4.78 is 52.9. The number of nitriles is 1. The van der Waals surface area contributed by atoms with Gasteiger partial charge < -0.3 is 4.74 Å². The third-order valence-electron chi connectivity index (χ3n) is 3.13. The molecular formula is C12H9F4NO. The SMILES string of the molecule is N#CC1(c2ccc(OC(F)(F)F)c(F)c2)CCC1. The summed E-state index contributed by atoms with van der Waals surface area (Å²) in [6, 6.07) is 5.27. The van der Waals surface area contributed by atoms with Crippen LogP contribution in [0.4, 0.5) is 17.6 Å². The summed E-state index contributed by atoms with van der Waals surface area (Å²) in [4.78, 5) is 0. The molecular weight excluding hydrogens is 250 g/mol. The van der Waals surface area contributed by atoms with Crippen molar-refractivity contribution in [3.8, 4) is 11.8 Å². The highest BCUT2D eigenvalue weighted by molar-refractivity contribution is 5.39. The minimum absolute atomic E-state index is 0.406. The summed E-state index contributed by atoms with van der Waals surface area (Å²) >= 11 is 0. The molecule has 1 aliphatic rings. The fourth-order valence-corrected chi connectivity index (χ4v) is 2.00. The molecule has 1 aromatic rings. The first-order valence-electron chi connectivity index (χ1n) is 5.33. The van der Waals surface area contributed by atoms with Crippen LogP contribution in [0.25, 0.3) is 0 Å². The molecule has 0 heterocycles. The first-order chi connectivity index (χ1) is 8.36. The molecule has 0 radical (unpaired) electrons. The molecule has 18 heavy (non-hydrogen) atoms. The maximum atomic E-state index is 13.5. The highest BCUT2D eigenvalue weighted by Gasteiger charge is 2.40. The number of hydrogen-bond donors (Lipinski definition) is 0. The molecule has 0 amide bonds. The van der Waals surface area contributed by atoms with Crippen molar-refractivity contribution in [2.24, 2.45) is 0 Å². The Bertz CT molecular complexity index is 500. The van der Waals surface area contributed by atoms with Crippen molar-refractivity contribution in [3.05, 3.63) is 29.6 Å². The van der Waals surface area contributed by atoms with Gasteiger partial charge in [-0.1, -0.05) is 6.07 Å². The van der Waals surface area contributed by atoms with Gasteiger partial charge in [0.15, 0.2) is 11.6 Å². The lowest BCUT2D eigenvalue weighted by molar-refractivity contribution is -0.275. The molecule has 1 aliphatic carbocycles. The number of hydrogen-bond acceptors (Lipinski definition) is 2. The van der Waals surface area contributed by atoms with Crippen LogP contribution in [0.15, 0.2) is 18.2 Å². The topological polar surface area (TPSA) is 33.0 Å². The molecule has 0 atom stereocenters. The van der Waals surface area contributed by atoms with E-state index < -0.39 is 23.3 Å². The molecule has 1 saturated carbocycles. The second kappa shape index (κ2) is 4.16. The van der Waals surface area contributed by atoms with E-state index in [1.807, 2.05) is 0 Å². The van der Waals surface area contributed by atoms with Crippen molar-refractivity contribution in [3.63, 3.8) is 0 Å². The van der Waals surface area contributed by atoms with Crippen LogP contribution < -0.4 is 4.74 Å². The van der Waals surface area contributed by atoms with Crippen molar-refractivity contribution < 1.29 is 22.3 Å². The van der Waals surface area contributed by atoms with Crippen LogP contribution in [0.1, 0.15) is 24.8 Å². The smallest absolute Gasteiger partial charge is 0.403 e. The molecule has 1 aromatic carbocycles. The van der Waals surface area contributed by atoms with Gasteiger partial charge in [0.1, 0.15) is 0 Å². The molecule has 1 fully saturated rings. The Morgan fingerprint density at radius 2 is 1.94 bits per heavy atom. The Hall–Kier alpha value is -1.77. The van der Waals surface area contributed by atoms with Crippen molar-refractivity contribution >= 4 is 0 Å². The quantitative estimate of drug-likeness (QED) is 0.759. The van der Waals surface area contributed by atoms with Gasteiger partial charge in [-0.2, -0.15) is 5.26 Å². The fourth-order valence-electron chi connectivity index (χ4n) is 2.00. The summed E-state index contributed by atoms with van der Waals surface area (Å²) in [6.45, 7) is 0. The van der Waals surface area contributed by atoms with E-state index in [0.29, 0.717) is 18.4 Å². The molecule has 0 N–H and O–H groups in total. The minimum atomic E-state index is -4.92. The monoisotopic (exact) mass is 259 g/mol.